The Morgan fingerprint density at radius 2 is 2.14 bits per heavy atom. The molecule has 0 saturated heterocycles. The quantitative estimate of drug-likeness (QED) is 0.861. The van der Waals surface area contributed by atoms with Crippen molar-refractivity contribution < 1.29 is 4.74 Å². The van der Waals surface area contributed by atoms with Gasteiger partial charge in [-0.1, -0.05) is 24.3 Å². The third-order valence-electron chi connectivity index (χ3n) is 4.01. The van der Waals surface area contributed by atoms with E-state index in [2.05, 4.69) is 41.2 Å². The minimum atomic E-state index is 0.648. The van der Waals surface area contributed by atoms with Crippen LogP contribution < -0.4 is 4.74 Å². The number of pyridine rings is 1. The Morgan fingerprint density at radius 1 is 1.24 bits per heavy atom. The number of fused-ring (bicyclic) bond motifs is 1. The van der Waals surface area contributed by atoms with Crippen molar-refractivity contribution in [2.75, 3.05) is 20.2 Å². The molecule has 1 aliphatic rings. The summed E-state index contributed by atoms with van der Waals surface area (Å²) in [5.41, 5.74) is 2.61. The van der Waals surface area contributed by atoms with Crippen LogP contribution in [-0.4, -0.2) is 30.1 Å². The van der Waals surface area contributed by atoms with Gasteiger partial charge in [0.25, 0.3) is 0 Å². The Hall–Kier alpha value is -1.87. The normalized spacial score (nSPS) is 17.9. The van der Waals surface area contributed by atoms with Crippen molar-refractivity contribution in [3.63, 3.8) is 0 Å². The molecular weight excluding hydrogens is 260 g/mol. The summed E-state index contributed by atoms with van der Waals surface area (Å²) < 4.78 is 5.85. The summed E-state index contributed by atoms with van der Waals surface area (Å²) in [7, 11) is 2.19. The van der Waals surface area contributed by atoms with Crippen molar-refractivity contribution >= 4 is 0 Å². The highest BCUT2D eigenvalue weighted by molar-refractivity contribution is 5.34. The first kappa shape index (κ1) is 14.1. The molecule has 1 aromatic carbocycles. The van der Waals surface area contributed by atoms with Crippen molar-refractivity contribution in [3.8, 4) is 5.75 Å². The largest absolute Gasteiger partial charge is 0.493 e. The zero-order valence-electron chi connectivity index (χ0n) is 12.5. The summed E-state index contributed by atoms with van der Waals surface area (Å²) >= 11 is 0. The van der Waals surface area contributed by atoms with E-state index in [-0.39, 0.29) is 0 Å². The molecule has 1 aromatic heterocycles. The van der Waals surface area contributed by atoms with Crippen molar-refractivity contribution in [2.24, 2.45) is 5.92 Å². The van der Waals surface area contributed by atoms with E-state index in [0.29, 0.717) is 5.92 Å². The Balaban J connectivity index is 1.60. The predicted octanol–water partition coefficient (Wildman–Crippen LogP) is 3.15. The SMILES string of the molecule is CN(Cc1cccnc1)C[C@@H]1CCOc2ccccc2C1. The Kier molecular flexibility index (Phi) is 4.51. The van der Waals surface area contributed by atoms with Gasteiger partial charge in [-0.05, 0) is 49.1 Å². The van der Waals surface area contributed by atoms with Crippen LogP contribution in [0.5, 0.6) is 5.75 Å². The second-order valence-electron chi connectivity index (χ2n) is 5.87. The predicted molar refractivity (Wildman–Crippen MR) is 84.3 cm³/mol. The molecule has 2 aromatic rings. The Bertz CT molecular complexity index is 570. The van der Waals surface area contributed by atoms with E-state index in [1.165, 1.54) is 11.1 Å². The van der Waals surface area contributed by atoms with Crippen LogP contribution in [0.15, 0.2) is 48.8 Å². The van der Waals surface area contributed by atoms with Gasteiger partial charge in [0.1, 0.15) is 5.75 Å². The third kappa shape index (κ3) is 3.82. The fraction of sp³-hybridized carbons (Fsp3) is 0.389. The molecule has 0 bridgehead atoms. The first-order chi connectivity index (χ1) is 10.3. The summed E-state index contributed by atoms with van der Waals surface area (Å²) in [6.45, 7) is 2.86. The van der Waals surface area contributed by atoms with Crippen LogP contribution in [0, 0.1) is 5.92 Å². The first-order valence-electron chi connectivity index (χ1n) is 7.59. The second kappa shape index (κ2) is 6.72. The summed E-state index contributed by atoms with van der Waals surface area (Å²) in [6, 6.07) is 12.6. The van der Waals surface area contributed by atoms with Gasteiger partial charge in [-0.3, -0.25) is 4.98 Å². The minimum absolute atomic E-state index is 0.648. The highest BCUT2D eigenvalue weighted by atomic mass is 16.5. The number of hydrogen-bond donors (Lipinski definition) is 0. The van der Waals surface area contributed by atoms with E-state index < -0.39 is 0 Å². The number of ether oxygens (including phenoxy) is 1. The highest BCUT2D eigenvalue weighted by Crippen LogP contribution is 2.27. The molecule has 0 amide bonds. The van der Waals surface area contributed by atoms with Crippen molar-refractivity contribution in [1.82, 2.24) is 9.88 Å². The summed E-state index contributed by atoms with van der Waals surface area (Å²) in [4.78, 5) is 6.57. The number of nitrogens with zero attached hydrogens (tertiary/aromatic N) is 2. The molecule has 110 valence electrons. The zero-order chi connectivity index (χ0) is 14.5. The van der Waals surface area contributed by atoms with Crippen LogP contribution in [0.25, 0.3) is 0 Å². The number of rotatable bonds is 4. The number of aromatic nitrogens is 1. The van der Waals surface area contributed by atoms with E-state index in [4.69, 9.17) is 4.74 Å². The van der Waals surface area contributed by atoms with Crippen LogP contribution >= 0.6 is 0 Å². The molecule has 1 atom stereocenters. The fourth-order valence-electron chi connectivity index (χ4n) is 3.03. The van der Waals surface area contributed by atoms with Crippen molar-refractivity contribution in [3.05, 3.63) is 59.9 Å². The Morgan fingerprint density at radius 3 is 3.00 bits per heavy atom. The van der Waals surface area contributed by atoms with Crippen molar-refractivity contribution in [2.45, 2.75) is 19.4 Å². The smallest absolute Gasteiger partial charge is 0.122 e. The maximum absolute atomic E-state index is 5.85. The monoisotopic (exact) mass is 282 g/mol. The van der Waals surface area contributed by atoms with Gasteiger partial charge in [0.05, 0.1) is 6.61 Å². The van der Waals surface area contributed by atoms with E-state index in [9.17, 15) is 0 Å². The molecule has 21 heavy (non-hydrogen) atoms. The number of hydrogen-bond acceptors (Lipinski definition) is 3. The van der Waals surface area contributed by atoms with E-state index in [1.807, 2.05) is 24.5 Å². The fourth-order valence-corrected chi connectivity index (χ4v) is 3.03. The van der Waals surface area contributed by atoms with Gasteiger partial charge < -0.3 is 9.64 Å². The molecule has 0 saturated carbocycles. The molecule has 3 nitrogen and oxygen atoms in total. The zero-order valence-corrected chi connectivity index (χ0v) is 12.5. The second-order valence-corrected chi connectivity index (χ2v) is 5.87. The van der Waals surface area contributed by atoms with Gasteiger partial charge in [0.2, 0.25) is 0 Å². The van der Waals surface area contributed by atoms with Crippen LogP contribution in [0.2, 0.25) is 0 Å². The van der Waals surface area contributed by atoms with E-state index >= 15 is 0 Å². The average Bonchev–Trinajstić information content (AvgIpc) is 2.69. The molecule has 0 radical (unpaired) electrons. The van der Waals surface area contributed by atoms with Gasteiger partial charge >= 0.3 is 0 Å². The standard InChI is InChI=1S/C18H22N2O/c1-20(14-16-5-4-9-19-12-16)13-15-8-10-21-18-7-3-2-6-17(18)11-15/h2-7,9,12,15H,8,10-11,13-14H2,1H3/t15-/m1/s1. The maximum atomic E-state index is 5.85. The molecule has 2 heterocycles. The summed E-state index contributed by atoms with van der Waals surface area (Å²) in [6.07, 6.45) is 5.99. The lowest BCUT2D eigenvalue weighted by atomic mass is 9.96. The molecule has 0 unspecified atom stereocenters. The summed E-state index contributed by atoms with van der Waals surface area (Å²) in [5, 5.41) is 0. The van der Waals surface area contributed by atoms with Gasteiger partial charge in [-0.2, -0.15) is 0 Å². The van der Waals surface area contributed by atoms with Crippen LogP contribution in [0.4, 0.5) is 0 Å². The first-order valence-corrected chi connectivity index (χ1v) is 7.59. The highest BCUT2D eigenvalue weighted by Gasteiger charge is 2.18. The number of para-hydroxylation sites is 1. The van der Waals surface area contributed by atoms with Crippen LogP contribution in [0.1, 0.15) is 17.5 Å². The lowest BCUT2D eigenvalue weighted by Crippen LogP contribution is -2.27. The van der Waals surface area contributed by atoms with Gasteiger partial charge in [-0.15, -0.1) is 0 Å². The molecule has 0 fully saturated rings. The summed E-state index contributed by atoms with van der Waals surface area (Å²) in [5.74, 6) is 1.71. The molecule has 0 spiro atoms. The van der Waals surface area contributed by atoms with Gasteiger partial charge in [0.15, 0.2) is 0 Å². The Labute approximate surface area is 126 Å². The molecule has 1 aliphatic heterocycles. The van der Waals surface area contributed by atoms with Gasteiger partial charge in [0, 0.05) is 25.5 Å². The average molecular weight is 282 g/mol. The molecule has 0 N–H and O–H groups in total. The van der Waals surface area contributed by atoms with Crippen LogP contribution in [0.3, 0.4) is 0 Å². The minimum Gasteiger partial charge on any atom is -0.493 e. The molecular formula is C18H22N2O. The lowest BCUT2D eigenvalue weighted by Gasteiger charge is -2.22. The van der Waals surface area contributed by atoms with Crippen LogP contribution in [-0.2, 0) is 13.0 Å². The molecule has 3 rings (SSSR count). The molecule has 0 aliphatic carbocycles. The topological polar surface area (TPSA) is 25.4 Å². The van der Waals surface area contributed by atoms with Crippen molar-refractivity contribution in [1.29, 1.82) is 0 Å². The molecule has 3 heteroatoms. The third-order valence-corrected chi connectivity index (χ3v) is 4.01. The lowest BCUT2D eigenvalue weighted by molar-refractivity contribution is 0.235. The van der Waals surface area contributed by atoms with E-state index in [0.717, 1.165) is 38.3 Å². The number of benzene rings is 1. The van der Waals surface area contributed by atoms with E-state index in [1.54, 1.807) is 0 Å². The van der Waals surface area contributed by atoms with Gasteiger partial charge in [-0.25, -0.2) is 0 Å². The maximum Gasteiger partial charge on any atom is 0.122 e.